The van der Waals surface area contributed by atoms with Crippen molar-refractivity contribution in [2.75, 3.05) is 118 Å². The largest absolute Gasteiger partial charge is 0.484 e. The van der Waals surface area contributed by atoms with Gasteiger partial charge in [-0.15, -0.1) is 0 Å². The molecule has 27 heteroatoms. The minimum absolute atomic E-state index is 0.0487. The van der Waals surface area contributed by atoms with Crippen molar-refractivity contribution in [1.82, 2.24) is 56.1 Å². The molecule has 2 aliphatic heterocycles. The van der Waals surface area contributed by atoms with Gasteiger partial charge in [-0.2, -0.15) is 5.26 Å². The highest BCUT2D eigenvalue weighted by Crippen LogP contribution is 2.31. The number of aliphatic carboxylic acids is 3. The molecule has 5 rings (SSSR count). The van der Waals surface area contributed by atoms with Gasteiger partial charge in [0.1, 0.15) is 17.8 Å². The van der Waals surface area contributed by atoms with Crippen LogP contribution in [0.25, 0.3) is 10.9 Å². The van der Waals surface area contributed by atoms with E-state index in [1.54, 1.807) is 25.7 Å². The summed E-state index contributed by atoms with van der Waals surface area (Å²) in [5, 5.41) is 51.6. The van der Waals surface area contributed by atoms with Crippen LogP contribution in [0.4, 0.5) is 8.78 Å². The second kappa shape index (κ2) is 32.4. The molecule has 3 heterocycles. The van der Waals surface area contributed by atoms with Crippen molar-refractivity contribution in [2.24, 2.45) is 0 Å². The number of nitrogens with zero attached hydrogens (tertiary/aromatic N) is 7. The number of carboxylic acids is 3. The van der Waals surface area contributed by atoms with Gasteiger partial charge in [0.15, 0.2) is 6.61 Å². The highest BCUT2D eigenvalue weighted by atomic mass is 19.3. The Labute approximate surface area is 467 Å². The molecule has 2 aliphatic rings. The van der Waals surface area contributed by atoms with Crippen LogP contribution in [0.1, 0.15) is 60.0 Å². The maximum atomic E-state index is 14.0. The molecule has 440 valence electrons. The number of carboxylic acid groups (broad SMARTS) is 3. The molecular formula is C54H72F2N12O13. The Hall–Kier alpha value is -7.93. The van der Waals surface area contributed by atoms with Gasteiger partial charge in [-0.1, -0.05) is 29.8 Å². The number of nitriles is 1. The van der Waals surface area contributed by atoms with Gasteiger partial charge in [0.05, 0.1) is 56.4 Å². The van der Waals surface area contributed by atoms with Gasteiger partial charge in [0, 0.05) is 96.4 Å². The fourth-order valence-corrected chi connectivity index (χ4v) is 9.17. The molecule has 6 amide bonds. The maximum Gasteiger partial charge on any atom is 0.317 e. The van der Waals surface area contributed by atoms with Crippen molar-refractivity contribution < 1.29 is 72.0 Å². The Morgan fingerprint density at radius 2 is 1.30 bits per heavy atom. The summed E-state index contributed by atoms with van der Waals surface area (Å²) < 4.78 is 33.7. The van der Waals surface area contributed by atoms with E-state index < -0.39 is 85.7 Å². The van der Waals surface area contributed by atoms with E-state index in [2.05, 4.69) is 31.6 Å². The maximum absolute atomic E-state index is 14.0. The summed E-state index contributed by atoms with van der Waals surface area (Å²) in [6, 6.07) is 13.1. The molecule has 0 radical (unpaired) electrons. The fraction of sp³-hybridized carbons (Fsp3) is 0.537. The number of amides is 6. The van der Waals surface area contributed by atoms with Crippen molar-refractivity contribution in [2.45, 2.75) is 69.9 Å². The number of likely N-dealkylation sites (tertiary alicyclic amines) is 1. The van der Waals surface area contributed by atoms with E-state index in [0.717, 1.165) is 22.4 Å². The first-order chi connectivity index (χ1) is 38.7. The van der Waals surface area contributed by atoms with Gasteiger partial charge in [0.25, 0.3) is 17.7 Å². The van der Waals surface area contributed by atoms with Gasteiger partial charge in [0.2, 0.25) is 23.6 Å². The molecule has 2 aromatic carbocycles. The lowest BCUT2D eigenvalue weighted by Crippen LogP contribution is -2.50. The van der Waals surface area contributed by atoms with Crippen LogP contribution in [0, 0.1) is 18.3 Å². The highest BCUT2D eigenvalue weighted by Gasteiger charge is 2.47. The van der Waals surface area contributed by atoms with Crippen molar-refractivity contribution in [3.8, 4) is 11.8 Å². The number of nitrogens with one attached hydrogen (secondary N) is 5. The minimum atomic E-state index is -3.24. The number of carbonyl (C=O) groups is 9. The first-order valence-electron chi connectivity index (χ1n) is 26.7. The number of rotatable bonds is 28. The van der Waals surface area contributed by atoms with Crippen molar-refractivity contribution >= 4 is 64.3 Å². The second-order valence-corrected chi connectivity index (χ2v) is 20.0. The molecule has 3 aromatic rings. The topological polar surface area (TPSA) is 337 Å². The number of hydrogen-bond acceptors (Lipinski definition) is 16. The molecule has 81 heavy (non-hydrogen) atoms. The van der Waals surface area contributed by atoms with E-state index in [-0.39, 0.29) is 140 Å². The van der Waals surface area contributed by atoms with Crippen LogP contribution < -0.4 is 31.3 Å². The number of halogens is 2. The first-order valence-corrected chi connectivity index (χ1v) is 26.7. The van der Waals surface area contributed by atoms with Crippen molar-refractivity contribution in [1.29, 1.82) is 5.26 Å². The molecule has 0 aliphatic carbocycles. The second-order valence-electron chi connectivity index (χ2n) is 20.0. The number of ether oxygens (including phenoxy) is 1. The summed E-state index contributed by atoms with van der Waals surface area (Å²) in [6.07, 6.45) is 3.00. The molecule has 2 fully saturated rings. The lowest BCUT2D eigenvalue weighted by Gasteiger charge is -2.32. The Balaban J connectivity index is 1.16. The number of pyridine rings is 1. The SMILES string of the molecule is Cc1ccc(CCCC(=O)NCCNC(=O)C(CCCCNC(=O)CN2CCN(CC(=O)O)CCN(CC(=O)O)CCN(CC(=O)O)CC2)NC(=O)COc2ccc3nccc(C(=O)NCC(=O)N4CC(F)(F)C[C@H]4C#N)c3c2)cc1. The minimum Gasteiger partial charge on any atom is -0.484 e. The van der Waals surface area contributed by atoms with Crippen LogP contribution in [0.5, 0.6) is 5.75 Å². The van der Waals surface area contributed by atoms with E-state index in [0.29, 0.717) is 24.8 Å². The predicted molar refractivity (Wildman–Crippen MR) is 288 cm³/mol. The Morgan fingerprint density at radius 3 is 1.89 bits per heavy atom. The van der Waals surface area contributed by atoms with E-state index in [9.17, 15) is 72.5 Å². The number of fused-ring (bicyclic) bond motifs is 1. The number of aryl methyl sites for hydroxylation is 2. The average Bonchev–Trinajstić information content (AvgIpc) is 3.83. The average molecular weight is 1140 g/mol. The van der Waals surface area contributed by atoms with Crippen LogP contribution in [-0.4, -0.2) is 234 Å². The molecule has 8 N–H and O–H groups in total. The quantitative estimate of drug-likeness (QED) is 0.0441. The molecule has 2 saturated heterocycles. The van der Waals surface area contributed by atoms with E-state index >= 15 is 0 Å². The Kier molecular flexibility index (Phi) is 25.5. The van der Waals surface area contributed by atoms with Gasteiger partial charge in [-0.25, -0.2) is 8.78 Å². The van der Waals surface area contributed by atoms with E-state index in [1.807, 2.05) is 31.2 Å². The lowest BCUT2D eigenvalue weighted by atomic mass is 10.1. The van der Waals surface area contributed by atoms with Crippen molar-refractivity contribution in [3.63, 3.8) is 0 Å². The molecule has 1 aromatic heterocycles. The number of benzene rings is 2. The summed E-state index contributed by atoms with van der Waals surface area (Å²) in [4.78, 5) is 126. The summed E-state index contributed by atoms with van der Waals surface area (Å²) >= 11 is 0. The van der Waals surface area contributed by atoms with Crippen LogP contribution in [0.15, 0.2) is 54.7 Å². The normalized spacial score (nSPS) is 16.9. The summed E-state index contributed by atoms with van der Waals surface area (Å²) in [7, 11) is 0. The third kappa shape index (κ3) is 23.0. The van der Waals surface area contributed by atoms with Crippen LogP contribution in [0.2, 0.25) is 0 Å². The summed E-state index contributed by atoms with van der Waals surface area (Å²) in [5.74, 6) is -9.74. The molecular weight excluding hydrogens is 1060 g/mol. The molecule has 0 bridgehead atoms. The highest BCUT2D eigenvalue weighted by molar-refractivity contribution is 6.07. The Bertz CT molecular complexity index is 2680. The third-order valence-electron chi connectivity index (χ3n) is 13.5. The van der Waals surface area contributed by atoms with Crippen LogP contribution in [-0.2, 0) is 44.8 Å². The summed E-state index contributed by atoms with van der Waals surface area (Å²) in [5.41, 5.74) is 2.65. The van der Waals surface area contributed by atoms with Gasteiger partial charge < -0.3 is 51.5 Å². The standard InChI is InChI=1S/C54H72F2N12O13/c1-37-8-10-38(11-9-37)5-4-7-45(69)60-17-18-61-53(80)44(6-2-3-15-59-46(70)31-64-19-21-65(32-49(73)74)23-25-67(34-51(77)78)26-24-66(22-20-64)33-50(75)76)63-47(71)35-81-40-12-13-43-42(27-40)41(14-16-58-43)52(79)62-30-48(72)68-36-54(55,56)28-39(68)29-57/h8-14,16,27,39,44H,2-7,15,17-26,28,30-36H2,1H3,(H,59,70)(H,60,69)(H,61,80)(H,62,79)(H,63,71)(H,73,74)(H,75,76)(H,77,78)/t39-,44?/m0/s1. The molecule has 0 saturated carbocycles. The number of aromatic nitrogens is 1. The number of carbonyl (C=O) groups excluding carboxylic acids is 6. The van der Waals surface area contributed by atoms with Crippen molar-refractivity contribution in [3.05, 3.63) is 71.4 Å². The number of alkyl halides is 2. The summed E-state index contributed by atoms with van der Waals surface area (Å²) in [6.45, 7) is 0.962. The smallest absolute Gasteiger partial charge is 0.317 e. The van der Waals surface area contributed by atoms with Crippen LogP contribution >= 0.6 is 0 Å². The zero-order chi connectivity index (χ0) is 58.9. The molecule has 1 unspecified atom stereocenters. The Morgan fingerprint density at radius 1 is 0.716 bits per heavy atom. The van der Waals surface area contributed by atoms with Gasteiger partial charge in [-0.05, 0) is 68.9 Å². The van der Waals surface area contributed by atoms with E-state index in [1.165, 1.54) is 30.5 Å². The molecule has 2 atom stereocenters. The lowest BCUT2D eigenvalue weighted by molar-refractivity contribution is -0.140. The zero-order valence-corrected chi connectivity index (χ0v) is 45.3. The zero-order valence-electron chi connectivity index (χ0n) is 45.3. The number of unbranched alkanes of at least 4 members (excludes halogenated alkanes) is 1. The predicted octanol–water partition coefficient (Wildman–Crippen LogP) is -0.0864. The fourth-order valence-electron chi connectivity index (χ4n) is 9.17. The number of hydrogen-bond donors (Lipinski definition) is 8. The van der Waals surface area contributed by atoms with Gasteiger partial charge >= 0.3 is 17.9 Å². The van der Waals surface area contributed by atoms with Crippen LogP contribution in [0.3, 0.4) is 0 Å². The molecule has 0 spiro atoms. The van der Waals surface area contributed by atoms with E-state index in [4.69, 9.17) is 4.74 Å². The molecule has 25 nitrogen and oxygen atoms in total. The van der Waals surface area contributed by atoms with Gasteiger partial charge in [-0.3, -0.25) is 67.7 Å². The monoisotopic (exact) mass is 1130 g/mol. The first kappa shape index (κ1) is 63.9. The third-order valence-corrected chi connectivity index (χ3v) is 13.5.